The molecule has 1 saturated heterocycles. The van der Waals surface area contributed by atoms with Gasteiger partial charge in [0.2, 0.25) is 5.91 Å². The topological polar surface area (TPSA) is 76.4 Å². The summed E-state index contributed by atoms with van der Waals surface area (Å²) in [5.41, 5.74) is 0.591. The molecule has 0 unspecified atom stereocenters. The molecule has 1 aromatic rings. The van der Waals surface area contributed by atoms with Crippen molar-refractivity contribution in [2.24, 2.45) is 5.92 Å². The molecular formula is C18H21FN4O2. The molecule has 1 aromatic carbocycles. The average Bonchev–Trinajstić information content (AvgIpc) is 3.46. The van der Waals surface area contributed by atoms with Gasteiger partial charge in [0.1, 0.15) is 5.82 Å². The maximum atomic E-state index is 13.9. The van der Waals surface area contributed by atoms with Crippen LogP contribution in [0.1, 0.15) is 30.4 Å². The van der Waals surface area contributed by atoms with E-state index in [0.717, 1.165) is 25.3 Å². The molecule has 0 aromatic heterocycles. The summed E-state index contributed by atoms with van der Waals surface area (Å²) in [5, 5.41) is 11.5. The van der Waals surface area contributed by atoms with Gasteiger partial charge in [0.25, 0.3) is 0 Å². The summed E-state index contributed by atoms with van der Waals surface area (Å²) in [7, 11) is 0. The Hall–Kier alpha value is -2.62. The zero-order valence-electron chi connectivity index (χ0n) is 14.0. The summed E-state index contributed by atoms with van der Waals surface area (Å²) in [6.45, 7) is 2.37. The number of halogens is 1. The van der Waals surface area contributed by atoms with E-state index in [1.54, 1.807) is 4.90 Å². The SMILES string of the molecule is N#Cc1ccc(CNC(=O)N2CCCN(C(=O)C3CC3)CC2)c(F)c1. The minimum Gasteiger partial charge on any atom is -0.341 e. The summed E-state index contributed by atoms with van der Waals surface area (Å²) < 4.78 is 13.9. The van der Waals surface area contributed by atoms with E-state index in [1.165, 1.54) is 12.1 Å². The standard InChI is InChI=1S/C18H21FN4O2/c19-16-10-13(11-20)2-3-15(16)12-21-18(25)23-7-1-6-22(8-9-23)17(24)14-4-5-14/h2-3,10,14H,1,4-9,12H2,(H,21,25). The number of hydrogen-bond donors (Lipinski definition) is 1. The lowest BCUT2D eigenvalue weighted by atomic mass is 10.1. The van der Waals surface area contributed by atoms with Gasteiger partial charge in [-0.25, -0.2) is 9.18 Å². The fourth-order valence-electron chi connectivity index (χ4n) is 2.97. The molecule has 7 heteroatoms. The van der Waals surface area contributed by atoms with Gasteiger partial charge in [0.15, 0.2) is 0 Å². The van der Waals surface area contributed by atoms with Gasteiger partial charge in [-0.15, -0.1) is 0 Å². The third-order valence-electron chi connectivity index (χ3n) is 4.63. The van der Waals surface area contributed by atoms with Gasteiger partial charge in [-0.05, 0) is 31.4 Å². The lowest BCUT2D eigenvalue weighted by Gasteiger charge is -2.22. The van der Waals surface area contributed by atoms with Crippen molar-refractivity contribution in [2.75, 3.05) is 26.2 Å². The van der Waals surface area contributed by atoms with E-state index in [2.05, 4.69) is 5.32 Å². The first-order valence-electron chi connectivity index (χ1n) is 8.58. The largest absolute Gasteiger partial charge is 0.341 e. The first-order chi connectivity index (χ1) is 12.1. The molecule has 0 bridgehead atoms. The molecule has 0 spiro atoms. The highest BCUT2D eigenvalue weighted by molar-refractivity contribution is 5.81. The van der Waals surface area contributed by atoms with Crippen LogP contribution < -0.4 is 5.32 Å². The van der Waals surface area contributed by atoms with Gasteiger partial charge >= 0.3 is 6.03 Å². The van der Waals surface area contributed by atoms with Crippen LogP contribution in [-0.2, 0) is 11.3 Å². The fourth-order valence-corrected chi connectivity index (χ4v) is 2.97. The average molecular weight is 344 g/mol. The number of nitrogens with one attached hydrogen (secondary N) is 1. The Morgan fingerprint density at radius 2 is 1.92 bits per heavy atom. The molecule has 1 heterocycles. The Kier molecular flexibility index (Phi) is 5.17. The molecule has 6 nitrogen and oxygen atoms in total. The van der Waals surface area contributed by atoms with Gasteiger partial charge in [-0.3, -0.25) is 4.79 Å². The summed E-state index contributed by atoms with van der Waals surface area (Å²) in [6, 6.07) is 5.81. The van der Waals surface area contributed by atoms with Crippen LogP contribution in [0.15, 0.2) is 18.2 Å². The van der Waals surface area contributed by atoms with Crippen LogP contribution in [0, 0.1) is 23.1 Å². The molecule has 132 valence electrons. The van der Waals surface area contributed by atoms with E-state index >= 15 is 0 Å². The number of urea groups is 1. The van der Waals surface area contributed by atoms with Crippen LogP contribution in [-0.4, -0.2) is 47.9 Å². The van der Waals surface area contributed by atoms with Gasteiger partial charge in [-0.2, -0.15) is 5.26 Å². The van der Waals surface area contributed by atoms with Gasteiger partial charge in [0, 0.05) is 44.2 Å². The third kappa shape index (κ3) is 4.27. The smallest absolute Gasteiger partial charge is 0.317 e. The van der Waals surface area contributed by atoms with Crippen molar-refractivity contribution >= 4 is 11.9 Å². The number of nitriles is 1. The van der Waals surface area contributed by atoms with Crippen molar-refractivity contribution < 1.29 is 14.0 Å². The Morgan fingerprint density at radius 1 is 1.20 bits per heavy atom. The molecule has 1 N–H and O–H groups in total. The Morgan fingerprint density at radius 3 is 2.60 bits per heavy atom. The van der Waals surface area contributed by atoms with Crippen molar-refractivity contribution in [3.8, 4) is 6.07 Å². The van der Waals surface area contributed by atoms with Crippen molar-refractivity contribution in [2.45, 2.75) is 25.8 Å². The molecule has 3 amide bonds. The molecule has 1 aliphatic carbocycles. The molecule has 3 rings (SSSR count). The zero-order valence-corrected chi connectivity index (χ0v) is 14.0. The van der Waals surface area contributed by atoms with Crippen LogP contribution in [0.25, 0.3) is 0 Å². The van der Waals surface area contributed by atoms with Gasteiger partial charge in [-0.1, -0.05) is 6.07 Å². The number of amides is 3. The van der Waals surface area contributed by atoms with Crippen molar-refractivity contribution in [3.05, 3.63) is 35.1 Å². The fraction of sp³-hybridized carbons (Fsp3) is 0.500. The molecule has 2 fully saturated rings. The predicted octanol–water partition coefficient (Wildman–Crippen LogP) is 1.85. The second kappa shape index (κ2) is 7.51. The molecule has 1 saturated carbocycles. The summed E-state index contributed by atoms with van der Waals surface area (Å²) >= 11 is 0. The monoisotopic (exact) mass is 344 g/mol. The minimum atomic E-state index is -0.503. The van der Waals surface area contributed by atoms with Crippen molar-refractivity contribution in [3.63, 3.8) is 0 Å². The summed E-state index contributed by atoms with van der Waals surface area (Å²) in [4.78, 5) is 28.0. The maximum absolute atomic E-state index is 13.9. The summed E-state index contributed by atoms with van der Waals surface area (Å²) in [5.74, 6) is -0.0990. The van der Waals surface area contributed by atoms with E-state index in [-0.39, 0.29) is 30.0 Å². The van der Waals surface area contributed by atoms with Crippen LogP contribution in [0.5, 0.6) is 0 Å². The number of carbonyl (C=O) groups is 2. The lowest BCUT2D eigenvalue weighted by molar-refractivity contribution is -0.132. The molecule has 0 radical (unpaired) electrons. The van der Waals surface area contributed by atoms with Gasteiger partial charge < -0.3 is 15.1 Å². The molecular weight excluding hydrogens is 323 g/mol. The predicted molar refractivity (Wildman–Crippen MR) is 88.8 cm³/mol. The third-order valence-corrected chi connectivity index (χ3v) is 4.63. The number of rotatable bonds is 3. The Balaban J connectivity index is 1.51. The minimum absolute atomic E-state index is 0.0671. The number of nitrogens with zero attached hydrogens (tertiary/aromatic N) is 3. The highest BCUT2D eigenvalue weighted by Crippen LogP contribution is 2.31. The highest BCUT2D eigenvalue weighted by atomic mass is 19.1. The highest BCUT2D eigenvalue weighted by Gasteiger charge is 2.34. The summed E-state index contributed by atoms with van der Waals surface area (Å²) in [6.07, 6.45) is 2.71. The quantitative estimate of drug-likeness (QED) is 0.909. The van der Waals surface area contributed by atoms with E-state index in [0.29, 0.717) is 31.7 Å². The molecule has 1 aliphatic heterocycles. The van der Waals surface area contributed by atoms with E-state index in [1.807, 2.05) is 11.0 Å². The first-order valence-corrected chi connectivity index (χ1v) is 8.58. The van der Waals surface area contributed by atoms with E-state index in [4.69, 9.17) is 5.26 Å². The van der Waals surface area contributed by atoms with Crippen LogP contribution in [0.2, 0.25) is 0 Å². The van der Waals surface area contributed by atoms with Crippen LogP contribution in [0.3, 0.4) is 0 Å². The normalized spacial score (nSPS) is 17.6. The van der Waals surface area contributed by atoms with Crippen LogP contribution >= 0.6 is 0 Å². The Labute approximate surface area is 146 Å². The van der Waals surface area contributed by atoms with Crippen molar-refractivity contribution in [1.82, 2.24) is 15.1 Å². The lowest BCUT2D eigenvalue weighted by Crippen LogP contribution is -2.42. The van der Waals surface area contributed by atoms with E-state index in [9.17, 15) is 14.0 Å². The van der Waals surface area contributed by atoms with Crippen molar-refractivity contribution in [1.29, 1.82) is 5.26 Å². The number of benzene rings is 1. The Bertz CT molecular complexity index is 712. The molecule has 0 atom stereocenters. The number of carbonyl (C=O) groups excluding carboxylic acids is 2. The molecule has 25 heavy (non-hydrogen) atoms. The zero-order chi connectivity index (χ0) is 17.8. The van der Waals surface area contributed by atoms with E-state index < -0.39 is 5.82 Å². The second-order valence-corrected chi connectivity index (χ2v) is 6.52. The molecule has 2 aliphatic rings. The van der Waals surface area contributed by atoms with Gasteiger partial charge in [0.05, 0.1) is 11.6 Å². The second-order valence-electron chi connectivity index (χ2n) is 6.52. The maximum Gasteiger partial charge on any atom is 0.317 e. The van der Waals surface area contributed by atoms with Crippen LogP contribution in [0.4, 0.5) is 9.18 Å². The first kappa shape index (κ1) is 17.2. The number of hydrogen-bond acceptors (Lipinski definition) is 3.